The summed E-state index contributed by atoms with van der Waals surface area (Å²) < 4.78 is 26.9. The van der Waals surface area contributed by atoms with E-state index in [2.05, 4.69) is 23.5 Å². The van der Waals surface area contributed by atoms with E-state index in [1.807, 2.05) is 7.05 Å². The van der Waals surface area contributed by atoms with E-state index >= 15 is 0 Å². The molecule has 0 radical (unpaired) electrons. The molecule has 0 spiro atoms. The van der Waals surface area contributed by atoms with Crippen molar-refractivity contribution in [2.24, 2.45) is 0 Å². The number of hydrogen-bond acceptors (Lipinski definition) is 5. The van der Waals surface area contributed by atoms with Crippen LogP contribution < -0.4 is 4.72 Å². The van der Waals surface area contributed by atoms with Crippen LogP contribution in [0.25, 0.3) is 0 Å². The summed E-state index contributed by atoms with van der Waals surface area (Å²) in [6, 6.07) is 3.39. The summed E-state index contributed by atoms with van der Waals surface area (Å²) in [5.74, 6) is -0.969. The molecule has 1 unspecified atom stereocenters. The number of carboxylic acids is 1. The number of sulfonamides is 1. The van der Waals surface area contributed by atoms with Crippen LogP contribution in [-0.4, -0.2) is 50.6 Å². The Morgan fingerprint density at radius 3 is 2.71 bits per heavy atom. The lowest BCUT2D eigenvalue weighted by atomic mass is 10.2. The van der Waals surface area contributed by atoms with Crippen LogP contribution >= 0.6 is 11.3 Å². The number of likely N-dealkylation sites (N-methyl/N-ethyl adjacent to an activating group) is 1. The summed E-state index contributed by atoms with van der Waals surface area (Å²) in [5, 5.41) is 8.69. The van der Waals surface area contributed by atoms with E-state index in [4.69, 9.17) is 5.11 Å². The van der Waals surface area contributed by atoms with Crippen LogP contribution in [0.1, 0.15) is 25.1 Å². The predicted octanol–water partition coefficient (Wildman–Crippen LogP) is 1.38. The lowest BCUT2D eigenvalue weighted by Crippen LogP contribution is -2.36. The summed E-state index contributed by atoms with van der Waals surface area (Å²) in [4.78, 5) is 13.2. The van der Waals surface area contributed by atoms with Gasteiger partial charge in [-0.3, -0.25) is 4.79 Å². The van der Waals surface area contributed by atoms with Crippen LogP contribution in [0.4, 0.5) is 0 Å². The third-order valence-electron chi connectivity index (χ3n) is 3.33. The zero-order valence-corrected chi connectivity index (χ0v) is 14.1. The Balaban J connectivity index is 2.57. The number of hydrogen-bond donors (Lipinski definition) is 2. The fraction of sp³-hybridized carbons (Fsp3) is 0.615. The first kappa shape index (κ1) is 18.1. The number of aliphatic carboxylic acids is 1. The minimum atomic E-state index is -3.55. The zero-order valence-electron chi connectivity index (χ0n) is 12.5. The van der Waals surface area contributed by atoms with E-state index in [1.54, 1.807) is 6.07 Å². The summed E-state index contributed by atoms with van der Waals surface area (Å²) >= 11 is 0.993. The molecule has 0 aliphatic carbocycles. The number of nitrogens with one attached hydrogen (secondary N) is 1. The highest BCUT2D eigenvalue weighted by Gasteiger charge is 2.17. The van der Waals surface area contributed by atoms with Crippen molar-refractivity contribution < 1.29 is 18.3 Å². The Bertz CT molecular complexity index is 568. The van der Waals surface area contributed by atoms with Gasteiger partial charge in [0.2, 0.25) is 10.0 Å². The van der Waals surface area contributed by atoms with Crippen LogP contribution in [0.2, 0.25) is 0 Å². The van der Waals surface area contributed by atoms with Gasteiger partial charge in [-0.1, -0.05) is 6.92 Å². The molecule has 0 bridgehead atoms. The molecule has 1 rings (SSSR count). The maximum atomic E-state index is 12.1. The molecule has 6 nitrogen and oxygen atoms in total. The molecule has 2 N–H and O–H groups in total. The van der Waals surface area contributed by atoms with Gasteiger partial charge in [0.15, 0.2) is 0 Å². The zero-order chi connectivity index (χ0) is 16.0. The molecule has 21 heavy (non-hydrogen) atoms. The summed E-state index contributed by atoms with van der Waals surface area (Å²) in [6.45, 7) is 5.13. The third-order valence-corrected chi connectivity index (χ3v) is 6.37. The first-order valence-corrected chi connectivity index (χ1v) is 9.06. The van der Waals surface area contributed by atoms with Crippen LogP contribution in [0.3, 0.4) is 0 Å². The molecule has 0 aliphatic rings. The normalized spacial score (nSPS) is 13.5. The molecule has 0 fully saturated rings. The highest BCUT2D eigenvalue weighted by molar-refractivity contribution is 7.91. The van der Waals surface area contributed by atoms with Crippen molar-refractivity contribution in [2.75, 3.05) is 20.1 Å². The SMILES string of the molecule is CCC(C)N(C)CCNS(=O)(=O)c1ccc(CC(=O)O)s1. The van der Waals surface area contributed by atoms with Crippen molar-refractivity contribution in [3.05, 3.63) is 17.0 Å². The summed E-state index contributed by atoms with van der Waals surface area (Å²) in [6.07, 6.45) is 0.851. The number of nitrogens with zero attached hydrogens (tertiary/aromatic N) is 1. The molecule has 0 aliphatic heterocycles. The second-order valence-electron chi connectivity index (χ2n) is 4.93. The van der Waals surface area contributed by atoms with Gasteiger partial charge < -0.3 is 10.0 Å². The van der Waals surface area contributed by atoms with Crippen LogP contribution in [-0.2, 0) is 21.2 Å². The second kappa shape index (κ2) is 7.88. The van der Waals surface area contributed by atoms with E-state index in [9.17, 15) is 13.2 Å². The molecule has 8 heteroatoms. The van der Waals surface area contributed by atoms with Gasteiger partial charge in [-0.2, -0.15) is 0 Å². The quantitative estimate of drug-likeness (QED) is 0.712. The van der Waals surface area contributed by atoms with E-state index in [1.165, 1.54) is 6.07 Å². The fourth-order valence-corrected chi connectivity index (χ4v) is 4.12. The first-order chi connectivity index (χ1) is 9.76. The number of carbonyl (C=O) groups is 1. The van der Waals surface area contributed by atoms with Crippen LogP contribution in [0, 0.1) is 0 Å². The standard InChI is InChI=1S/C13H22N2O4S2/c1-4-10(2)15(3)8-7-14-21(18,19)13-6-5-11(20-13)9-12(16)17/h5-6,10,14H,4,7-9H2,1-3H3,(H,16,17). The lowest BCUT2D eigenvalue weighted by Gasteiger charge is -2.23. The highest BCUT2D eigenvalue weighted by Crippen LogP contribution is 2.21. The highest BCUT2D eigenvalue weighted by atomic mass is 32.2. The Labute approximate surface area is 129 Å². The Hall–Kier alpha value is -0.960. The maximum absolute atomic E-state index is 12.1. The fourth-order valence-electron chi connectivity index (χ4n) is 1.71. The molecule has 0 aromatic carbocycles. The number of thiophene rings is 1. The monoisotopic (exact) mass is 334 g/mol. The minimum Gasteiger partial charge on any atom is -0.481 e. The van der Waals surface area contributed by atoms with E-state index < -0.39 is 16.0 Å². The van der Waals surface area contributed by atoms with Crippen molar-refractivity contribution in [2.45, 2.75) is 36.9 Å². The van der Waals surface area contributed by atoms with E-state index in [-0.39, 0.29) is 10.6 Å². The Kier molecular flexibility index (Phi) is 6.79. The molecule has 0 saturated heterocycles. The van der Waals surface area contributed by atoms with Crippen molar-refractivity contribution in [3.8, 4) is 0 Å². The van der Waals surface area contributed by atoms with Gasteiger partial charge in [-0.05, 0) is 32.5 Å². The smallest absolute Gasteiger partial charge is 0.308 e. The van der Waals surface area contributed by atoms with Crippen LogP contribution in [0.15, 0.2) is 16.3 Å². The Morgan fingerprint density at radius 1 is 1.48 bits per heavy atom. The van der Waals surface area contributed by atoms with Crippen molar-refractivity contribution in [3.63, 3.8) is 0 Å². The van der Waals surface area contributed by atoms with Gasteiger partial charge in [0.1, 0.15) is 4.21 Å². The second-order valence-corrected chi connectivity index (χ2v) is 8.09. The average molecular weight is 334 g/mol. The summed E-state index contributed by atoms with van der Waals surface area (Å²) in [5.41, 5.74) is 0. The average Bonchev–Trinajstić information content (AvgIpc) is 2.85. The summed E-state index contributed by atoms with van der Waals surface area (Å²) in [7, 11) is -1.60. The largest absolute Gasteiger partial charge is 0.481 e. The predicted molar refractivity (Wildman–Crippen MR) is 83.2 cm³/mol. The van der Waals surface area contributed by atoms with Gasteiger partial charge >= 0.3 is 5.97 Å². The molecule has 1 heterocycles. The topological polar surface area (TPSA) is 86.7 Å². The lowest BCUT2D eigenvalue weighted by molar-refractivity contribution is -0.136. The molecule has 0 amide bonds. The van der Waals surface area contributed by atoms with Crippen molar-refractivity contribution >= 4 is 27.3 Å². The molecule has 120 valence electrons. The molecular weight excluding hydrogens is 312 g/mol. The molecule has 1 atom stereocenters. The van der Waals surface area contributed by atoms with Gasteiger partial charge in [-0.15, -0.1) is 11.3 Å². The van der Waals surface area contributed by atoms with Crippen LogP contribution in [0.5, 0.6) is 0 Å². The van der Waals surface area contributed by atoms with Crippen molar-refractivity contribution in [1.82, 2.24) is 9.62 Å². The van der Waals surface area contributed by atoms with Gasteiger partial charge in [0.05, 0.1) is 6.42 Å². The molecule has 1 aromatic rings. The van der Waals surface area contributed by atoms with Gasteiger partial charge in [-0.25, -0.2) is 13.1 Å². The van der Waals surface area contributed by atoms with Gasteiger partial charge in [0, 0.05) is 24.0 Å². The number of rotatable bonds is 9. The molecular formula is C13H22N2O4S2. The van der Waals surface area contributed by atoms with E-state index in [0.29, 0.717) is 24.0 Å². The third kappa shape index (κ3) is 5.74. The first-order valence-electron chi connectivity index (χ1n) is 6.76. The minimum absolute atomic E-state index is 0.156. The molecule has 1 aromatic heterocycles. The number of carboxylic acid groups (broad SMARTS) is 1. The molecule has 0 saturated carbocycles. The van der Waals surface area contributed by atoms with Gasteiger partial charge in [0.25, 0.3) is 0 Å². The van der Waals surface area contributed by atoms with E-state index in [0.717, 1.165) is 17.8 Å². The Morgan fingerprint density at radius 2 is 2.14 bits per heavy atom. The maximum Gasteiger partial charge on any atom is 0.308 e. The van der Waals surface area contributed by atoms with Crippen molar-refractivity contribution in [1.29, 1.82) is 0 Å².